The zero-order valence-electron chi connectivity index (χ0n) is 15.0. The zero-order valence-corrected chi connectivity index (χ0v) is 15.8. The molecule has 0 saturated carbocycles. The molecule has 7 heteroatoms. The van der Waals surface area contributed by atoms with Crippen LogP contribution in [0.25, 0.3) is 0 Å². The van der Waals surface area contributed by atoms with E-state index in [-0.39, 0.29) is 23.8 Å². The third-order valence-electron chi connectivity index (χ3n) is 5.04. The first-order valence-corrected chi connectivity index (χ1v) is 9.57. The molecule has 0 radical (unpaired) electrons. The standard InChI is InChI=1S/C18H25N3O3S/c1-12(22)16-6-14(11-25-16)7-17(23)21-9-13-4-5-15(21)10-20(8-13)18(24)19(2)3/h6,11,13,15H,4-5,7-10H2,1-3H3/t13-,15+/m0/s1. The number of nitrogens with zero attached hydrogens (tertiary/aromatic N) is 3. The monoisotopic (exact) mass is 363 g/mol. The molecule has 0 aromatic carbocycles. The maximum absolute atomic E-state index is 12.8. The lowest BCUT2D eigenvalue weighted by atomic mass is 9.94. The van der Waals surface area contributed by atoms with E-state index in [1.165, 1.54) is 11.3 Å². The summed E-state index contributed by atoms with van der Waals surface area (Å²) >= 11 is 1.39. The molecule has 4 rings (SSSR count). The number of hydrogen-bond acceptors (Lipinski definition) is 4. The van der Waals surface area contributed by atoms with Gasteiger partial charge in [-0.15, -0.1) is 11.3 Å². The van der Waals surface area contributed by atoms with Crippen LogP contribution in [0.2, 0.25) is 0 Å². The molecule has 0 N–H and O–H groups in total. The van der Waals surface area contributed by atoms with Gasteiger partial charge in [0, 0.05) is 39.8 Å². The number of hydrogen-bond donors (Lipinski definition) is 0. The first-order valence-electron chi connectivity index (χ1n) is 8.69. The van der Waals surface area contributed by atoms with Gasteiger partial charge in [-0.2, -0.15) is 0 Å². The van der Waals surface area contributed by atoms with Crippen LogP contribution in [0.5, 0.6) is 0 Å². The Bertz CT molecular complexity index is 685. The number of rotatable bonds is 3. The van der Waals surface area contributed by atoms with Gasteiger partial charge in [0.15, 0.2) is 5.78 Å². The van der Waals surface area contributed by atoms with Crippen molar-refractivity contribution >= 4 is 29.1 Å². The van der Waals surface area contributed by atoms with Crippen molar-refractivity contribution in [3.8, 4) is 0 Å². The normalized spacial score (nSPS) is 22.7. The molecule has 6 nitrogen and oxygen atoms in total. The van der Waals surface area contributed by atoms with Crippen molar-refractivity contribution in [1.82, 2.24) is 14.7 Å². The molecule has 136 valence electrons. The molecule has 2 bridgehead atoms. The fourth-order valence-corrected chi connectivity index (χ4v) is 4.57. The number of amides is 3. The Morgan fingerprint density at radius 2 is 1.96 bits per heavy atom. The fourth-order valence-electron chi connectivity index (χ4n) is 3.76. The molecule has 1 aromatic heterocycles. The number of Topliss-reactive ketones (excluding diaryl/α,β-unsaturated/α-hetero) is 1. The number of ketones is 1. The van der Waals surface area contributed by atoms with Gasteiger partial charge in [-0.05, 0) is 42.7 Å². The minimum Gasteiger partial charge on any atom is -0.337 e. The van der Waals surface area contributed by atoms with Crippen molar-refractivity contribution in [3.63, 3.8) is 0 Å². The number of carbonyl (C=O) groups excluding carboxylic acids is 3. The maximum Gasteiger partial charge on any atom is 0.319 e. The van der Waals surface area contributed by atoms with Crippen LogP contribution in [0.3, 0.4) is 0 Å². The van der Waals surface area contributed by atoms with E-state index in [0.717, 1.165) is 31.5 Å². The minimum atomic E-state index is 0.0233. The summed E-state index contributed by atoms with van der Waals surface area (Å²) in [6.45, 7) is 3.61. The Labute approximate surface area is 152 Å². The second kappa shape index (κ2) is 7.15. The van der Waals surface area contributed by atoms with E-state index < -0.39 is 0 Å². The quantitative estimate of drug-likeness (QED) is 0.773. The van der Waals surface area contributed by atoms with Gasteiger partial charge in [0.1, 0.15) is 0 Å². The summed E-state index contributed by atoms with van der Waals surface area (Å²) in [5.41, 5.74) is 0.904. The van der Waals surface area contributed by atoms with Gasteiger partial charge in [0.05, 0.1) is 11.3 Å². The average Bonchev–Trinajstić information content (AvgIpc) is 2.84. The van der Waals surface area contributed by atoms with Gasteiger partial charge in [0.25, 0.3) is 0 Å². The van der Waals surface area contributed by atoms with Crippen LogP contribution in [0.1, 0.15) is 35.0 Å². The molecule has 0 spiro atoms. The Kier molecular flexibility index (Phi) is 5.13. The zero-order chi connectivity index (χ0) is 18.1. The lowest BCUT2D eigenvalue weighted by Crippen LogP contribution is -2.48. The molecule has 0 unspecified atom stereocenters. The van der Waals surface area contributed by atoms with Crippen molar-refractivity contribution in [2.45, 2.75) is 32.2 Å². The molecule has 3 aliphatic heterocycles. The summed E-state index contributed by atoms with van der Waals surface area (Å²) in [6.07, 6.45) is 2.35. The highest BCUT2D eigenvalue weighted by molar-refractivity contribution is 7.12. The lowest BCUT2D eigenvalue weighted by molar-refractivity contribution is -0.134. The van der Waals surface area contributed by atoms with Gasteiger partial charge in [-0.25, -0.2) is 4.79 Å². The van der Waals surface area contributed by atoms with E-state index in [4.69, 9.17) is 0 Å². The highest BCUT2D eigenvalue weighted by Gasteiger charge is 2.38. The molecule has 3 fully saturated rings. The number of thiophene rings is 1. The predicted octanol–water partition coefficient (Wildman–Crippen LogP) is 2.10. The number of piperidine rings is 1. The van der Waals surface area contributed by atoms with E-state index in [0.29, 0.717) is 23.8 Å². The summed E-state index contributed by atoms with van der Waals surface area (Å²) < 4.78 is 0. The summed E-state index contributed by atoms with van der Waals surface area (Å²) in [4.78, 5) is 42.7. The van der Waals surface area contributed by atoms with Crippen molar-refractivity contribution in [2.75, 3.05) is 33.7 Å². The van der Waals surface area contributed by atoms with Crippen LogP contribution < -0.4 is 0 Å². The molecule has 3 saturated heterocycles. The molecule has 3 aliphatic rings. The molecule has 2 atom stereocenters. The van der Waals surface area contributed by atoms with Gasteiger partial charge in [0.2, 0.25) is 5.91 Å². The van der Waals surface area contributed by atoms with Gasteiger partial charge in [-0.1, -0.05) is 0 Å². The van der Waals surface area contributed by atoms with Gasteiger partial charge < -0.3 is 14.7 Å². The molecular weight excluding hydrogens is 338 g/mol. The SMILES string of the molecule is CC(=O)c1cc(CC(=O)N2C[C@H]3CC[C@@H]2CN(C(=O)N(C)C)C3)cs1. The third-order valence-corrected chi connectivity index (χ3v) is 6.12. The largest absolute Gasteiger partial charge is 0.337 e. The molecule has 3 amide bonds. The third kappa shape index (κ3) is 3.86. The van der Waals surface area contributed by atoms with Crippen molar-refractivity contribution in [3.05, 3.63) is 21.9 Å². The first-order chi connectivity index (χ1) is 11.8. The van der Waals surface area contributed by atoms with Crippen LogP contribution in [0, 0.1) is 5.92 Å². The smallest absolute Gasteiger partial charge is 0.319 e. The molecule has 1 aromatic rings. The number of fused-ring (bicyclic) bond motifs is 4. The Morgan fingerprint density at radius 1 is 1.20 bits per heavy atom. The van der Waals surface area contributed by atoms with Gasteiger partial charge in [-0.3, -0.25) is 9.59 Å². The summed E-state index contributed by atoms with van der Waals surface area (Å²) in [5, 5.41) is 1.90. The molecule has 4 heterocycles. The van der Waals surface area contributed by atoms with Crippen LogP contribution in [-0.4, -0.2) is 72.2 Å². The van der Waals surface area contributed by atoms with Crippen LogP contribution >= 0.6 is 11.3 Å². The Hall–Kier alpha value is -1.89. The topological polar surface area (TPSA) is 60.9 Å². The van der Waals surface area contributed by atoms with Crippen molar-refractivity contribution in [2.24, 2.45) is 5.92 Å². The fraction of sp³-hybridized carbons (Fsp3) is 0.611. The van der Waals surface area contributed by atoms with E-state index in [1.807, 2.05) is 21.2 Å². The lowest BCUT2D eigenvalue weighted by Gasteiger charge is -2.36. The van der Waals surface area contributed by atoms with Crippen LogP contribution in [-0.2, 0) is 11.2 Å². The summed E-state index contributed by atoms with van der Waals surface area (Å²) in [5.74, 6) is 0.485. The maximum atomic E-state index is 12.8. The highest BCUT2D eigenvalue weighted by atomic mass is 32.1. The summed E-state index contributed by atoms with van der Waals surface area (Å²) in [7, 11) is 3.53. The van der Waals surface area contributed by atoms with E-state index in [9.17, 15) is 14.4 Å². The number of carbonyl (C=O) groups is 3. The van der Waals surface area contributed by atoms with Crippen LogP contribution in [0.15, 0.2) is 11.4 Å². The second-order valence-electron chi connectivity index (χ2n) is 7.28. The number of urea groups is 1. The minimum absolute atomic E-state index is 0.0233. The Balaban J connectivity index is 1.69. The van der Waals surface area contributed by atoms with Gasteiger partial charge >= 0.3 is 6.03 Å². The predicted molar refractivity (Wildman–Crippen MR) is 96.9 cm³/mol. The molecular formula is C18H25N3O3S. The van der Waals surface area contributed by atoms with E-state index in [1.54, 1.807) is 25.9 Å². The highest BCUT2D eigenvalue weighted by Crippen LogP contribution is 2.29. The van der Waals surface area contributed by atoms with E-state index >= 15 is 0 Å². The molecule has 25 heavy (non-hydrogen) atoms. The van der Waals surface area contributed by atoms with E-state index in [2.05, 4.69) is 0 Å². The average molecular weight is 363 g/mol. The van der Waals surface area contributed by atoms with Crippen LogP contribution in [0.4, 0.5) is 4.79 Å². The van der Waals surface area contributed by atoms with Crippen molar-refractivity contribution in [1.29, 1.82) is 0 Å². The summed E-state index contributed by atoms with van der Waals surface area (Å²) in [6, 6.07) is 1.94. The Morgan fingerprint density at radius 3 is 2.60 bits per heavy atom. The second-order valence-corrected chi connectivity index (χ2v) is 8.19. The first kappa shape index (κ1) is 17.9. The molecule has 0 aliphatic carbocycles. The van der Waals surface area contributed by atoms with Crippen molar-refractivity contribution < 1.29 is 14.4 Å².